The predicted molar refractivity (Wildman–Crippen MR) is 98.5 cm³/mol. The average molecular weight is 326 g/mol. The van der Waals surface area contributed by atoms with E-state index in [1.807, 2.05) is 36.0 Å². The number of fused-ring (bicyclic) bond motifs is 1. The average Bonchev–Trinajstić information content (AvgIpc) is 2.51. The van der Waals surface area contributed by atoms with Crippen LogP contribution in [-0.2, 0) is 4.79 Å². The quantitative estimate of drug-likeness (QED) is 0.915. The smallest absolute Gasteiger partial charge is 0.243 e. The number of benzene rings is 2. The van der Waals surface area contributed by atoms with Crippen LogP contribution in [0.25, 0.3) is 0 Å². The molecule has 1 amide bonds. The molecule has 120 valence electrons. The first-order valence-electron chi connectivity index (χ1n) is 7.90. The maximum Gasteiger partial charge on any atom is 0.243 e. The fourth-order valence-electron chi connectivity index (χ4n) is 2.82. The van der Waals surface area contributed by atoms with E-state index in [1.54, 1.807) is 0 Å². The Kier molecular flexibility index (Phi) is 4.62. The summed E-state index contributed by atoms with van der Waals surface area (Å²) < 4.78 is 0. The molecule has 0 bridgehead atoms. The molecule has 1 heterocycles. The zero-order chi connectivity index (χ0) is 16.4. The Morgan fingerprint density at radius 1 is 1.22 bits per heavy atom. The van der Waals surface area contributed by atoms with Gasteiger partial charge in [-0.05, 0) is 49.2 Å². The summed E-state index contributed by atoms with van der Waals surface area (Å²) in [7, 11) is 0. The van der Waals surface area contributed by atoms with Crippen LogP contribution in [0.15, 0.2) is 47.4 Å². The van der Waals surface area contributed by atoms with Gasteiger partial charge in [0.15, 0.2) is 0 Å². The van der Waals surface area contributed by atoms with Crippen molar-refractivity contribution >= 4 is 29.0 Å². The molecule has 3 rings (SSSR count). The van der Waals surface area contributed by atoms with Crippen LogP contribution < -0.4 is 10.2 Å². The summed E-state index contributed by atoms with van der Waals surface area (Å²) in [5.74, 6) is 0.0298. The van der Waals surface area contributed by atoms with Gasteiger partial charge < -0.3 is 10.2 Å². The predicted octanol–water partition coefficient (Wildman–Crippen LogP) is 4.24. The van der Waals surface area contributed by atoms with Crippen LogP contribution in [0.1, 0.15) is 18.1 Å². The minimum Gasteiger partial charge on any atom is -0.360 e. The van der Waals surface area contributed by atoms with Crippen LogP contribution in [-0.4, -0.2) is 24.2 Å². The Morgan fingerprint density at radius 2 is 2.00 bits per heavy atom. The number of nitrogens with one attached hydrogen (secondary N) is 1. The fourth-order valence-corrected chi connectivity index (χ4v) is 3.99. The van der Waals surface area contributed by atoms with Crippen molar-refractivity contribution in [3.05, 3.63) is 53.6 Å². The van der Waals surface area contributed by atoms with Gasteiger partial charge in [-0.25, -0.2) is 0 Å². The number of rotatable bonds is 3. The lowest BCUT2D eigenvalue weighted by Gasteiger charge is -2.33. The highest BCUT2D eigenvalue weighted by Gasteiger charge is 2.23. The molecule has 1 atom stereocenters. The summed E-state index contributed by atoms with van der Waals surface area (Å²) in [4.78, 5) is 15.9. The van der Waals surface area contributed by atoms with Crippen molar-refractivity contribution in [2.75, 3.05) is 23.3 Å². The molecule has 2 aromatic rings. The van der Waals surface area contributed by atoms with E-state index in [-0.39, 0.29) is 5.91 Å². The number of carbonyl (C=O) groups excluding carboxylic acids is 1. The number of thioether (sulfide) groups is 1. The molecule has 1 aliphatic rings. The van der Waals surface area contributed by atoms with E-state index in [0.717, 1.165) is 17.9 Å². The van der Waals surface area contributed by atoms with E-state index in [4.69, 9.17) is 0 Å². The Bertz CT molecular complexity index is 729. The minimum atomic E-state index is 0.0298. The van der Waals surface area contributed by atoms with E-state index in [9.17, 15) is 4.79 Å². The van der Waals surface area contributed by atoms with Gasteiger partial charge in [-0.3, -0.25) is 4.79 Å². The van der Waals surface area contributed by atoms with Crippen molar-refractivity contribution in [1.29, 1.82) is 0 Å². The van der Waals surface area contributed by atoms with Crippen LogP contribution >= 0.6 is 11.8 Å². The second-order valence-corrected chi connectivity index (χ2v) is 7.60. The van der Waals surface area contributed by atoms with Crippen molar-refractivity contribution in [3.8, 4) is 0 Å². The van der Waals surface area contributed by atoms with Gasteiger partial charge in [-0.2, -0.15) is 0 Å². The minimum absolute atomic E-state index is 0.0298. The molecule has 4 heteroatoms. The van der Waals surface area contributed by atoms with E-state index in [0.29, 0.717) is 11.8 Å². The van der Waals surface area contributed by atoms with Crippen molar-refractivity contribution < 1.29 is 4.79 Å². The first kappa shape index (κ1) is 15.9. The summed E-state index contributed by atoms with van der Waals surface area (Å²) in [6, 6.07) is 14.3. The number of amides is 1. The molecule has 23 heavy (non-hydrogen) atoms. The van der Waals surface area contributed by atoms with Crippen molar-refractivity contribution in [1.82, 2.24) is 0 Å². The number of aryl methyl sites for hydroxylation is 2. The summed E-state index contributed by atoms with van der Waals surface area (Å²) in [5.41, 5.74) is 4.45. The van der Waals surface area contributed by atoms with Gasteiger partial charge in [0.25, 0.3) is 0 Å². The largest absolute Gasteiger partial charge is 0.360 e. The standard InChI is InChI=1S/C19H22N2OS/c1-13-8-9-16(10-14(13)2)20-19(22)12-21-11-15(3)23-18-7-5-4-6-17(18)21/h4-10,15H,11-12H2,1-3H3,(H,20,22)/t15-/m1/s1. The lowest BCUT2D eigenvalue weighted by atomic mass is 10.1. The van der Waals surface area contributed by atoms with Gasteiger partial charge in [0, 0.05) is 22.4 Å². The second-order valence-electron chi connectivity index (χ2n) is 6.12. The van der Waals surface area contributed by atoms with Gasteiger partial charge in [-0.15, -0.1) is 11.8 Å². The topological polar surface area (TPSA) is 32.3 Å². The van der Waals surface area contributed by atoms with E-state index in [2.05, 4.69) is 49.2 Å². The molecule has 3 nitrogen and oxygen atoms in total. The molecule has 0 saturated carbocycles. The Balaban J connectivity index is 1.71. The molecule has 1 aliphatic heterocycles. The maximum absolute atomic E-state index is 12.4. The summed E-state index contributed by atoms with van der Waals surface area (Å²) in [5, 5.41) is 3.50. The van der Waals surface area contributed by atoms with Gasteiger partial charge in [-0.1, -0.05) is 25.1 Å². The highest BCUT2D eigenvalue weighted by Crippen LogP contribution is 2.37. The lowest BCUT2D eigenvalue weighted by Crippen LogP contribution is -2.39. The van der Waals surface area contributed by atoms with E-state index in [1.165, 1.54) is 16.0 Å². The van der Waals surface area contributed by atoms with Crippen molar-refractivity contribution in [2.45, 2.75) is 30.9 Å². The zero-order valence-electron chi connectivity index (χ0n) is 13.8. The summed E-state index contributed by atoms with van der Waals surface area (Å²) in [6.45, 7) is 7.61. The maximum atomic E-state index is 12.4. The monoisotopic (exact) mass is 326 g/mol. The highest BCUT2D eigenvalue weighted by atomic mass is 32.2. The molecular formula is C19H22N2OS. The van der Waals surface area contributed by atoms with Crippen LogP contribution in [0.2, 0.25) is 0 Å². The van der Waals surface area contributed by atoms with Gasteiger partial charge in [0.05, 0.1) is 12.2 Å². The molecule has 0 radical (unpaired) electrons. The number of carbonyl (C=O) groups is 1. The third-order valence-corrected chi connectivity index (χ3v) is 5.29. The highest BCUT2D eigenvalue weighted by molar-refractivity contribution is 8.00. The number of hydrogen-bond donors (Lipinski definition) is 1. The first-order valence-corrected chi connectivity index (χ1v) is 8.78. The number of anilines is 2. The SMILES string of the molecule is Cc1ccc(NC(=O)CN2C[C@@H](C)Sc3ccccc32)cc1C. The molecule has 2 aromatic carbocycles. The number of hydrogen-bond acceptors (Lipinski definition) is 3. The van der Waals surface area contributed by atoms with Gasteiger partial charge in [0.2, 0.25) is 5.91 Å². The molecule has 0 saturated heterocycles. The van der Waals surface area contributed by atoms with E-state index < -0.39 is 0 Å². The lowest BCUT2D eigenvalue weighted by molar-refractivity contribution is -0.115. The summed E-state index contributed by atoms with van der Waals surface area (Å²) >= 11 is 1.88. The van der Waals surface area contributed by atoms with Crippen LogP contribution in [0, 0.1) is 13.8 Å². The molecule has 0 aliphatic carbocycles. The van der Waals surface area contributed by atoms with Crippen molar-refractivity contribution in [2.24, 2.45) is 0 Å². The molecular weight excluding hydrogens is 304 g/mol. The Labute approximate surface area is 142 Å². The second kappa shape index (κ2) is 6.67. The molecule has 0 aromatic heterocycles. The Morgan fingerprint density at radius 3 is 2.78 bits per heavy atom. The van der Waals surface area contributed by atoms with Crippen molar-refractivity contribution in [3.63, 3.8) is 0 Å². The molecule has 1 N–H and O–H groups in total. The number of nitrogens with zero attached hydrogens (tertiary/aromatic N) is 1. The Hall–Kier alpha value is -1.94. The molecule has 0 fully saturated rings. The molecule has 0 unspecified atom stereocenters. The summed E-state index contributed by atoms with van der Waals surface area (Å²) in [6.07, 6.45) is 0. The van der Waals surface area contributed by atoms with Crippen LogP contribution in [0.3, 0.4) is 0 Å². The normalized spacial score (nSPS) is 16.8. The van der Waals surface area contributed by atoms with Crippen LogP contribution in [0.5, 0.6) is 0 Å². The third kappa shape index (κ3) is 3.70. The third-order valence-electron chi connectivity index (χ3n) is 4.14. The number of para-hydroxylation sites is 1. The van der Waals surface area contributed by atoms with Gasteiger partial charge >= 0.3 is 0 Å². The van der Waals surface area contributed by atoms with Crippen LogP contribution in [0.4, 0.5) is 11.4 Å². The molecule has 0 spiro atoms. The van der Waals surface area contributed by atoms with E-state index >= 15 is 0 Å². The first-order chi connectivity index (χ1) is 11.0. The van der Waals surface area contributed by atoms with Gasteiger partial charge in [0.1, 0.15) is 0 Å². The fraction of sp³-hybridized carbons (Fsp3) is 0.316. The zero-order valence-corrected chi connectivity index (χ0v) is 14.6.